The van der Waals surface area contributed by atoms with Gasteiger partial charge in [-0.3, -0.25) is 0 Å². The number of rotatable bonds is 4. The van der Waals surface area contributed by atoms with E-state index in [1.54, 1.807) is 6.33 Å². The summed E-state index contributed by atoms with van der Waals surface area (Å²) in [5.74, 6) is 2.54. The fraction of sp³-hybridized carbons (Fsp3) is 0.643. The van der Waals surface area contributed by atoms with Gasteiger partial charge in [-0.2, -0.15) is 14.6 Å². The number of hydrogen-bond donors (Lipinski definition) is 1. The zero-order valence-electron chi connectivity index (χ0n) is 12.2. The standard InChI is InChI=1S/C14H22N6/c1-3-19(9-12-4-6-15-7-5-12)13-8-11(2)18-14-16-10-17-20(13)14/h8,10,12,15H,3-7,9H2,1-2H3. The minimum atomic E-state index is 0.684. The van der Waals surface area contributed by atoms with Crippen LogP contribution in [0.25, 0.3) is 5.78 Å². The summed E-state index contributed by atoms with van der Waals surface area (Å²) >= 11 is 0. The van der Waals surface area contributed by atoms with Crippen LogP contribution in [0.15, 0.2) is 12.4 Å². The Bertz CT molecular complexity index is 572. The van der Waals surface area contributed by atoms with Crippen LogP contribution in [0.4, 0.5) is 5.82 Å². The summed E-state index contributed by atoms with van der Waals surface area (Å²) in [6.07, 6.45) is 4.08. The molecular weight excluding hydrogens is 252 g/mol. The molecule has 1 saturated heterocycles. The van der Waals surface area contributed by atoms with E-state index < -0.39 is 0 Å². The van der Waals surface area contributed by atoms with Crippen LogP contribution in [-0.4, -0.2) is 45.8 Å². The average Bonchev–Trinajstić information content (AvgIpc) is 2.93. The van der Waals surface area contributed by atoms with Gasteiger partial charge in [-0.05, 0) is 45.7 Å². The van der Waals surface area contributed by atoms with E-state index in [-0.39, 0.29) is 0 Å². The largest absolute Gasteiger partial charge is 0.356 e. The second-order valence-electron chi connectivity index (χ2n) is 5.46. The molecule has 6 nitrogen and oxygen atoms in total. The van der Waals surface area contributed by atoms with Crippen molar-refractivity contribution in [1.82, 2.24) is 24.9 Å². The number of piperidine rings is 1. The van der Waals surface area contributed by atoms with E-state index in [4.69, 9.17) is 0 Å². The SMILES string of the molecule is CCN(CC1CCNCC1)c1cc(C)nc2ncnn12. The van der Waals surface area contributed by atoms with Crippen molar-refractivity contribution < 1.29 is 0 Å². The molecule has 20 heavy (non-hydrogen) atoms. The zero-order chi connectivity index (χ0) is 13.9. The smallest absolute Gasteiger partial charge is 0.254 e. The molecule has 0 saturated carbocycles. The molecule has 0 bridgehead atoms. The molecule has 6 heteroatoms. The minimum Gasteiger partial charge on any atom is -0.356 e. The van der Waals surface area contributed by atoms with E-state index in [9.17, 15) is 0 Å². The van der Waals surface area contributed by atoms with Gasteiger partial charge >= 0.3 is 0 Å². The molecule has 1 aliphatic heterocycles. The van der Waals surface area contributed by atoms with Crippen molar-refractivity contribution >= 4 is 11.6 Å². The highest BCUT2D eigenvalue weighted by molar-refractivity contribution is 5.47. The number of hydrogen-bond acceptors (Lipinski definition) is 5. The second-order valence-corrected chi connectivity index (χ2v) is 5.46. The van der Waals surface area contributed by atoms with Gasteiger partial charge in [0.05, 0.1) is 0 Å². The Hall–Kier alpha value is -1.69. The number of nitrogens with zero attached hydrogens (tertiary/aromatic N) is 5. The van der Waals surface area contributed by atoms with Gasteiger partial charge in [0.1, 0.15) is 12.1 Å². The van der Waals surface area contributed by atoms with Gasteiger partial charge in [0.15, 0.2) is 0 Å². The highest BCUT2D eigenvalue weighted by Crippen LogP contribution is 2.20. The summed E-state index contributed by atoms with van der Waals surface area (Å²) in [4.78, 5) is 11.0. The lowest BCUT2D eigenvalue weighted by Gasteiger charge is -2.30. The molecule has 1 fully saturated rings. The molecular formula is C14H22N6. The van der Waals surface area contributed by atoms with Gasteiger partial charge in [-0.15, -0.1) is 0 Å². The molecule has 108 valence electrons. The summed E-state index contributed by atoms with van der Waals surface area (Å²) in [6, 6.07) is 2.10. The summed E-state index contributed by atoms with van der Waals surface area (Å²) < 4.78 is 1.84. The third-order valence-corrected chi connectivity index (χ3v) is 4.00. The summed E-state index contributed by atoms with van der Waals surface area (Å²) in [7, 11) is 0. The molecule has 3 heterocycles. The molecule has 0 unspecified atom stereocenters. The van der Waals surface area contributed by atoms with Gasteiger partial charge in [-0.25, -0.2) is 4.98 Å². The van der Waals surface area contributed by atoms with Crippen LogP contribution in [0.1, 0.15) is 25.5 Å². The first kappa shape index (κ1) is 13.3. The van der Waals surface area contributed by atoms with E-state index in [1.165, 1.54) is 12.8 Å². The normalized spacial score (nSPS) is 16.7. The van der Waals surface area contributed by atoms with Crippen molar-refractivity contribution in [2.24, 2.45) is 5.92 Å². The third kappa shape index (κ3) is 2.60. The molecule has 0 radical (unpaired) electrons. The van der Waals surface area contributed by atoms with Crippen LogP contribution in [0.2, 0.25) is 0 Å². The molecule has 2 aromatic heterocycles. The van der Waals surface area contributed by atoms with Crippen LogP contribution in [0, 0.1) is 12.8 Å². The first-order valence-electron chi connectivity index (χ1n) is 7.41. The van der Waals surface area contributed by atoms with Crippen molar-refractivity contribution in [3.63, 3.8) is 0 Å². The zero-order valence-corrected chi connectivity index (χ0v) is 12.2. The molecule has 1 aliphatic rings. The number of fused-ring (bicyclic) bond motifs is 1. The van der Waals surface area contributed by atoms with Gasteiger partial charge < -0.3 is 10.2 Å². The van der Waals surface area contributed by atoms with E-state index in [2.05, 4.69) is 38.3 Å². The fourth-order valence-electron chi connectivity index (χ4n) is 2.90. The van der Waals surface area contributed by atoms with Crippen molar-refractivity contribution in [2.45, 2.75) is 26.7 Å². The number of aryl methyl sites for hydroxylation is 1. The van der Waals surface area contributed by atoms with Crippen LogP contribution in [0.3, 0.4) is 0 Å². The number of anilines is 1. The van der Waals surface area contributed by atoms with Crippen molar-refractivity contribution in [2.75, 3.05) is 31.1 Å². The predicted octanol–water partition coefficient (Wildman–Crippen LogP) is 1.26. The Kier molecular flexibility index (Phi) is 3.82. The van der Waals surface area contributed by atoms with E-state index >= 15 is 0 Å². The van der Waals surface area contributed by atoms with Gasteiger partial charge in [0, 0.05) is 24.8 Å². The van der Waals surface area contributed by atoms with Crippen molar-refractivity contribution in [1.29, 1.82) is 0 Å². The maximum absolute atomic E-state index is 4.41. The Balaban J connectivity index is 1.88. The molecule has 3 rings (SSSR count). The molecule has 0 spiro atoms. The minimum absolute atomic E-state index is 0.684. The number of aromatic nitrogens is 4. The molecule has 1 N–H and O–H groups in total. The van der Waals surface area contributed by atoms with Crippen LogP contribution < -0.4 is 10.2 Å². The van der Waals surface area contributed by atoms with E-state index in [1.807, 2.05) is 11.4 Å². The van der Waals surface area contributed by atoms with Crippen molar-refractivity contribution in [3.05, 3.63) is 18.1 Å². The highest BCUT2D eigenvalue weighted by atomic mass is 15.4. The molecule has 0 aliphatic carbocycles. The quantitative estimate of drug-likeness (QED) is 0.909. The molecule has 2 aromatic rings. The monoisotopic (exact) mass is 274 g/mol. The summed E-state index contributed by atoms with van der Waals surface area (Å²) in [6.45, 7) is 8.53. The van der Waals surface area contributed by atoms with E-state index in [0.29, 0.717) is 5.78 Å². The fourth-order valence-corrected chi connectivity index (χ4v) is 2.90. The maximum atomic E-state index is 4.41. The third-order valence-electron chi connectivity index (χ3n) is 4.00. The highest BCUT2D eigenvalue weighted by Gasteiger charge is 2.19. The molecule has 0 atom stereocenters. The lowest BCUT2D eigenvalue weighted by molar-refractivity contribution is 0.373. The van der Waals surface area contributed by atoms with Gasteiger partial charge in [0.25, 0.3) is 5.78 Å². The molecule has 0 aromatic carbocycles. The molecule has 0 amide bonds. The Labute approximate surface area is 119 Å². The summed E-state index contributed by atoms with van der Waals surface area (Å²) in [5, 5.41) is 7.74. The first-order chi connectivity index (χ1) is 9.78. The first-order valence-corrected chi connectivity index (χ1v) is 7.41. The van der Waals surface area contributed by atoms with Crippen LogP contribution in [0.5, 0.6) is 0 Å². The number of nitrogens with one attached hydrogen (secondary N) is 1. The predicted molar refractivity (Wildman–Crippen MR) is 79.0 cm³/mol. The van der Waals surface area contributed by atoms with Crippen LogP contribution in [-0.2, 0) is 0 Å². The van der Waals surface area contributed by atoms with Crippen LogP contribution >= 0.6 is 0 Å². The lowest BCUT2D eigenvalue weighted by atomic mass is 9.97. The lowest BCUT2D eigenvalue weighted by Crippen LogP contribution is -2.37. The van der Waals surface area contributed by atoms with Crippen molar-refractivity contribution in [3.8, 4) is 0 Å². The van der Waals surface area contributed by atoms with Gasteiger partial charge in [-0.1, -0.05) is 0 Å². The Morgan fingerprint density at radius 1 is 1.40 bits per heavy atom. The Morgan fingerprint density at radius 2 is 2.20 bits per heavy atom. The maximum Gasteiger partial charge on any atom is 0.254 e. The van der Waals surface area contributed by atoms with E-state index in [0.717, 1.165) is 43.6 Å². The Morgan fingerprint density at radius 3 is 2.95 bits per heavy atom. The second kappa shape index (κ2) is 5.75. The average molecular weight is 274 g/mol. The van der Waals surface area contributed by atoms with Gasteiger partial charge in [0.2, 0.25) is 0 Å². The summed E-state index contributed by atoms with van der Waals surface area (Å²) in [5.41, 5.74) is 0.990. The topological polar surface area (TPSA) is 58.3 Å².